The van der Waals surface area contributed by atoms with E-state index >= 15 is 0 Å². The van der Waals surface area contributed by atoms with Gasteiger partial charge >= 0.3 is 13.6 Å². The number of nitrogens with one attached hydrogen (secondary N) is 2. The van der Waals surface area contributed by atoms with Gasteiger partial charge in [-0.3, -0.25) is 9.46 Å². The van der Waals surface area contributed by atoms with E-state index in [1.54, 1.807) is 33.9 Å². The zero-order valence-electron chi connectivity index (χ0n) is 19.7. The smallest absolute Gasteiger partial charge is 0.359 e. The van der Waals surface area contributed by atoms with Gasteiger partial charge in [0.2, 0.25) is 0 Å². The number of rotatable bonds is 9. The molecule has 3 rings (SSSR count). The van der Waals surface area contributed by atoms with Crippen molar-refractivity contribution in [1.82, 2.24) is 15.5 Å². The average molecular weight is 490 g/mol. The quantitative estimate of drug-likeness (QED) is 0.263. The third-order valence-corrected chi connectivity index (χ3v) is 9.25. The van der Waals surface area contributed by atoms with E-state index in [1.807, 2.05) is 13.0 Å². The second-order valence-electron chi connectivity index (χ2n) is 9.25. The van der Waals surface area contributed by atoms with Gasteiger partial charge < -0.3 is 40.1 Å². The molecule has 0 aromatic carbocycles. The van der Waals surface area contributed by atoms with Crippen molar-refractivity contribution in [3.8, 4) is 0 Å². The maximum atomic E-state index is 12.9. The van der Waals surface area contributed by atoms with Crippen LogP contribution in [0.5, 0.6) is 0 Å². The average Bonchev–Trinajstić information content (AvgIpc) is 3.24. The first-order chi connectivity index (χ1) is 15.3. The molecule has 11 nitrogen and oxygen atoms in total. The molecule has 3 aliphatic rings. The number of aliphatic hydroxyl groups excluding tert-OH is 2. The lowest BCUT2D eigenvalue weighted by Crippen LogP contribution is -2.56. The minimum absolute atomic E-state index is 0.0307. The van der Waals surface area contributed by atoms with Crippen LogP contribution in [0.1, 0.15) is 60.3 Å². The van der Waals surface area contributed by atoms with E-state index in [1.165, 1.54) is 4.90 Å². The van der Waals surface area contributed by atoms with Crippen molar-refractivity contribution in [3.05, 3.63) is 23.5 Å². The Bertz CT molecular complexity index is 876. The summed E-state index contributed by atoms with van der Waals surface area (Å²) in [7, 11) is -4.46. The van der Waals surface area contributed by atoms with Gasteiger partial charge in [-0.15, -0.1) is 0 Å². The van der Waals surface area contributed by atoms with Crippen molar-refractivity contribution in [1.29, 1.82) is 0 Å². The van der Waals surface area contributed by atoms with E-state index in [-0.39, 0.29) is 31.8 Å². The molecule has 6 N–H and O–H groups in total. The van der Waals surface area contributed by atoms with Crippen LogP contribution in [0, 0.1) is 0 Å². The summed E-state index contributed by atoms with van der Waals surface area (Å²) in [6.45, 7) is 8.40. The summed E-state index contributed by atoms with van der Waals surface area (Å²) in [5, 5.41) is 35.9. The summed E-state index contributed by atoms with van der Waals surface area (Å²) < 4.78 is 24.4. The van der Waals surface area contributed by atoms with Crippen LogP contribution in [0.4, 0.5) is 4.79 Å². The van der Waals surface area contributed by atoms with Crippen LogP contribution in [-0.4, -0.2) is 72.8 Å². The van der Waals surface area contributed by atoms with Crippen molar-refractivity contribution < 1.29 is 38.8 Å². The number of aliphatic hydroxyl groups is 3. The summed E-state index contributed by atoms with van der Waals surface area (Å²) in [5.41, 5.74) is 0.413. The molecule has 0 saturated carbocycles. The second kappa shape index (κ2) is 9.30. The van der Waals surface area contributed by atoms with Gasteiger partial charge in [-0.1, -0.05) is 20.8 Å². The molecule has 2 amide bonds. The summed E-state index contributed by atoms with van der Waals surface area (Å²) in [6.07, 6.45) is -1.54. The fourth-order valence-electron chi connectivity index (χ4n) is 4.36. The monoisotopic (exact) mass is 489 g/mol. The lowest BCUT2D eigenvalue weighted by molar-refractivity contribution is -0.0790. The minimum atomic E-state index is -4.46. The molecular formula is C21H36N3O8P. The molecule has 3 aliphatic heterocycles. The highest BCUT2D eigenvalue weighted by Crippen LogP contribution is 2.60. The van der Waals surface area contributed by atoms with Gasteiger partial charge in [0.25, 0.3) is 0 Å². The summed E-state index contributed by atoms with van der Waals surface area (Å²) >= 11 is 0. The first-order valence-corrected chi connectivity index (χ1v) is 12.9. The molecule has 1 saturated heterocycles. The lowest BCUT2D eigenvalue weighted by Gasteiger charge is -2.38. The van der Waals surface area contributed by atoms with Crippen molar-refractivity contribution in [3.63, 3.8) is 0 Å². The Balaban J connectivity index is 1.77. The molecule has 188 valence electrons. The molecular weight excluding hydrogens is 453 g/mol. The maximum Gasteiger partial charge on any atom is 0.359 e. The van der Waals surface area contributed by atoms with Gasteiger partial charge in [-0.25, -0.2) is 4.79 Å². The number of amides is 2. The molecule has 7 unspecified atom stereocenters. The lowest BCUT2D eigenvalue weighted by atomic mass is 9.93. The highest BCUT2D eigenvalue weighted by atomic mass is 31.2. The standard InChI is InChI=1S/C21H36N3O8P/c1-6-20(5,32-33(29,30)21(28,7-2)8-3)10-14-15(25)16(26)18(31-14)24-11-13-9-12(4)22-17(13)23-19(24)27/h9,11,14-18,22,25-26,28H,6-8,10H2,1-5H3,(H,23,27)(H,29,30). The third-order valence-electron chi connectivity index (χ3n) is 6.87. The first kappa shape index (κ1) is 26.2. The normalized spacial score (nSPS) is 33.4. The van der Waals surface area contributed by atoms with Crippen LogP contribution in [0.15, 0.2) is 23.5 Å². The number of carbonyl (C=O) groups excluding carboxylic acids is 1. The van der Waals surface area contributed by atoms with Crippen molar-refractivity contribution in [2.45, 2.75) is 102 Å². The molecule has 33 heavy (non-hydrogen) atoms. The second-order valence-corrected chi connectivity index (χ2v) is 11.3. The maximum absolute atomic E-state index is 12.9. The Morgan fingerprint density at radius 1 is 1.18 bits per heavy atom. The number of ether oxygens (including phenoxy) is 1. The van der Waals surface area contributed by atoms with Gasteiger partial charge in [0.1, 0.15) is 18.4 Å². The number of nitrogens with zero attached hydrogens (tertiary/aromatic N) is 1. The Kier molecular flexibility index (Phi) is 7.37. The molecule has 1 fully saturated rings. The Labute approximate surface area is 194 Å². The molecule has 3 heterocycles. The van der Waals surface area contributed by atoms with Gasteiger partial charge in [-0.05, 0) is 39.2 Å². The van der Waals surface area contributed by atoms with Crippen LogP contribution in [0.25, 0.3) is 0 Å². The molecule has 0 bridgehead atoms. The fourth-order valence-corrected chi connectivity index (χ4v) is 6.13. The van der Waals surface area contributed by atoms with Crippen LogP contribution in [0.2, 0.25) is 0 Å². The molecule has 0 radical (unpaired) electrons. The van der Waals surface area contributed by atoms with E-state index in [0.29, 0.717) is 0 Å². The third kappa shape index (κ3) is 4.86. The largest absolute Gasteiger partial charge is 0.388 e. The van der Waals surface area contributed by atoms with Gasteiger partial charge in [-0.2, -0.15) is 0 Å². The molecule has 12 heteroatoms. The van der Waals surface area contributed by atoms with Gasteiger partial charge in [0, 0.05) is 23.9 Å². The van der Waals surface area contributed by atoms with Crippen LogP contribution >= 0.6 is 7.60 Å². The summed E-state index contributed by atoms with van der Waals surface area (Å²) in [5.74, 6) is 0. The molecule has 0 aromatic heterocycles. The van der Waals surface area contributed by atoms with Crippen LogP contribution < -0.4 is 10.6 Å². The van der Waals surface area contributed by atoms with E-state index in [2.05, 4.69) is 10.6 Å². The molecule has 0 aromatic rings. The number of hydrogen-bond donors (Lipinski definition) is 6. The van der Waals surface area contributed by atoms with Crippen LogP contribution in [0.3, 0.4) is 0 Å². The van der Waals surface area contributed by atoms with E-state index in [0.717, 1.165) is 11.3 Å². The van der Waals surface area contributed by atoms with Gasteiger partial charge in [0.05, 0.1) is 11.7 Å². The van der Waals surface area contributed by atoms with Crippen molar-refractivity contribution >= 4 is 13.6 Å². The van der Waals surface area contributed by atoms with Crippen molar-refractivity contribution in [2.24, 2.45) is 0 Å². The number of fused-ring (bicyclic) bond motifs is 1. The number of urea groups is 1. The summed E-state index contributed by atoms with van der Waals surface area (Å²) in [4.78, 5) is 24.3. The Morgan fingerprint density at radius 3 is 2.39 bits per heavy atom. The zero-order chi connectivity index (χ0) is 24.8. The highest BCUT2D eigenvalue weighted by Gasteiger charge is 2.53. The van der Waals surface area contributed by atoms with Crippen LogP contribution in [-0.2, 0) is 13.8 Å². The predicted molar refractivity (Wildman–Crippen MR) is 120 cm³/mol. The number of hydrogen-bond acceptors (Lipinski definition) is 8. The fraction of sp³-hybridized carbons (Fsp3) is 0.762. The van der Waals surface area contributed by atoms with E-state index < -0.39 is 49.1 Å². The SMILES string of the molecule is CCC(C)(CC1OC(N2C=C3C=C(C)NC3NC2=O)C(O)C1O)OP(=O)(O)C(O)(CC)CC. The van der Waals surface area contributed by atoms with E-state index in [9.17, 15) is 29.6 Å². The molecule has 0 aliphatic carbocycles. The summed E-state index contributed by atoms with van der Waals surface area (Å²) in [6, 6.07) is -0.499. The van der Waals surface area contributed by atoms with E-state index in [4.69, 9.17) is 9.26 Å². The van der Waals surface area contributed by atoms with Crippen molar-refractivity contribution in [2.75, 3.05) is 0 Å². The first-order valence-electron chi connectivity index (χ1n) is 11.3. The molecule has 7 atom stereocenters. The highest BCUT2D eigenvalue weighted by molar-refractivity contribution is 7.54. The Morgan fingerprint density at radius 2 is 1.82 bits per heavy atom. The van der Waals surface area contributed by atoms with Gasteiger partial charge in [0.15, 0.2) is 11.6 Å². The Hall–Kier alpha value is -1.46. The topological polar surface area (TPSA) is 161 Å². The zero-order valence-corrected chi connectivity index (χ0v) is 20.6. The molecule has 0 spiro atoms. The number of allylic oxidation sites excluding steroid dienone is 1. The minimum Gasteiger partial charge on any atom is -0.388 e. The predicted octanol–water partition coefficient (Wildman–Crippen LogP) is 1.44. The number of carbonyl (C=O) groups is 1.